The molecule has 0 radical (unpaired) electrons. The van der Waals surface area contributed by atoms with Crippen LogP contribution in [0, 0.1) is 0 Å². The van der Waals surface area contributed by atoms with E-state index in [1.54, 1.807) is 12.3 Å². The van der Waals surface area contributed by atoms with Crippen molar-refractivity contribution in [2.75, 3.05) is 6.61 Å². The normalized spacial score (nSPS) is 20.3. The fraction of sp³-hybridized carbons (Fsp3) is 0.200. The van der Waals surface area contributed by atoms with Crippen LogP contribution >= 0.6 is 0 Å². The van der Waals surface area contributed by atoms with Crippen LogP contribution in [0.5, 0.6) is 0 Å². The molecule has 0 aliphatic carbocycles. The molecule has 1 aliphatic rings. The molecule has 1 aliphatic heterocycles. The van der Waals surface area contributed by atoms with Gasteiger partial charge >= 0.3 is 5.97 Å². The van der Waals surface area contributed by atoms with Gasteiger partial charge < -0.3 is 4.74 Å². The van der Waals surface area contributed by atoms with E-state index in [0.29, 0.717) is 12.2 Å². The second-order valence-corrected chi connectivity index (χ2v) is 2.90. The Kier molecular flexibility index (Phi) is 1.85. The summed E-state index contributed by atoms with van der Waals surface area (Å²) in [5.41, 5.74) is 1.51. The summed E-state index contributed by atoms with van der Waals surface area (Å²) in [4.78, 5) is 15.1. The molecule has 13 heavy (non-hydrogen) atoms. The average molecular weight is 175 g/mol. The quantitative estimate of drug-likeness (QED) is 0.480. The monoisotopic (exact) mass is 175 g/mol. The summed E-state index contributed by atoms with van der Waals surface area (Å²) in [5, 5.41) is 0. The number of pyridine rings is 1. The van der Waals surface area contributed by atoms with Gasteiger partial charge in [-0.25, -0.2) is 4.79 Å². The molecule has 0 saturated heterocycles. The predicted octanol–water partition coefficient (Wildman–Crippen LogP) is 1.52. The lowest BCUT2D eigenvalue weighted by Gasteiger charge is -2.21. The highest BCUT2D eigenvalue weighted by molar-refractivity contribution is 5.92. The molecule has 0 fully saturated rings. The van der Waals surface area contributed by atoms with E-state index in [1.165, 1.54) is 6.20 Å². The van der Waals surface area contributed by atoms with E-state index in [0.717, 1.165) is 5.56 Å². The Morgan fingerprint density at radius 3 is 3.31 bits per heavy atom. The van der Waals surface area contributed by atoms with Crippen LogP contribution in [0.3, 0.4) is 0 Å². The molecule has 2 heterocycles. The van der Waals surface area contributed by atoms with Crippen molar-refractivity contribution in [3.8, 4) is 0 Å². The van der Waals surface area contributed by atoms with E-state index in [-0.39, 0.29) is 11.9 Å². The van der Waals surface area contributed by atoms with Gasteiger partial charge in [-0.3, -0.25) is 4.98 Å². The molecule has 2 rings (SSSR count). The molecule has 1 aromatic heterocycles. The molecule has 1 unspecified atom stereocenters. The number of cyclic esters (lactones) is 1. The van der Waals surface area contributed by atoms with E-state index in [2.05, 4.69) is 11.6 Å². The second kappa shape index (κ2) is 3.01. The largest absolute Gasteiger partial charge is 0.461 e. The maximum absolute atomic E-state index is 11.3. The van der Waals surface area contributed by atoms with Gasteiger partial charge in [-0.05, 0) is 11.6 Å². The Labute approximate surface area is 76.1 Å². The zero-order valence-electron chi connectivity index (χ0n) is 7.06. The average Bonchev–Trinajstić information content (AvgIpc) is 2.19. The number of esters is 1. The Balaban J connectivity index is 2.53. The van der Waals surface area contributed by atoms with Crippen LogP contribution < -0.4 is 0 Å². The van der Waals surface area contributed by atoms with Gasteiger partial charge in [0.1, 0.15) is 6.61 Å². The fourth-order valence-corrected chi connectivity index (χ4v) is 1.43. The molecule has 1 aromatic rings. The summed E-state index contributed by atoms with van der Waals surface area (Å²) < 4.78 is 4.96. The molecular weight excluding hydrogens is 166 g/mol. The number of carbonyl (C=O) groups is 1. The molecule has 1 atom stereocenters. The van der Waals surface area contributed by atoms with Gasteiger partial charge in [0.05, 0.1) is 5.56 Å². The van der Waals surface area contributed by atoms with Crippen molar-refractivity contribution >= 4 is 5.97 Å². The molecule has 3 heteroatoms. The highest BCUT2D eigenvalue weighted by Gasteiger charge is 2.24. The highest BCUT2D eigenvalue weighted by atomic mass is 16.5. The van der Waals surface area contributed by atoms with Crippen LogP contribution in [0.4, 0.5) is 0 Å². The van der Waals surface area contributed by atoms with Gasteiger partial charge in [0.15, 0.2) is 0 Å². The van der Waals surface area contributed by atoms with Gasteiger partial charge in [0.2, 0.25) is 0 Å². The molecule has 0 N–H and O–H groups in total. The summed E-state index contributed by atoms with van der Waals surface area (Å²) in [6.07, 6.45) is 4.99. The van der Waals surface area contributed by atoms with Crippen molar-refractivity contribution in [1.82, 2.24) is 4.98 Å². The first-order valence-corrected chi connectivity index (χ1v) is 4.06. The van der Waals surface area contributed by atoms with E-state index < -0.39 is 0 Å². The van der Waals surface area contributed by atoms with E-state index in [4.69, 9.17) is 4.74 Å². The number of fused-ring (bicyclic) bond motifs is 1. The molecule has 0 amide bonds. The molecule has 66 valence electrons. The number of nitrogens with zero attached hydrogens (tertiary/aromatic N) is 1. The Morgan fingerprint density at radius 1 is 1.69 bits per heavy atom. The summed E-state index contributed by atoms with van der Waals surface area (Å²) in [6.45, 7) is 4.08. The molecule has 0 bridgehead atoms. The van der Waals surface area contributed by atoms with Crippen molar-refractivity contribution in [3.05, 3.63) is 42.2 Å². The van der Waals surface area contributed by atoms with Gasteiger partial charge in [-0.15, -0.1) is 6.58 Å². The third-order valence-corrected chi connectivity index (χ3v) is 2.15. The first-order valence-electron chi connectivity index (χ1n) is 4.06. The summed E-state index contributed by atoms with van der Waals surface area (Å²) >= 11 is 0. The molecule has 0 spiro atoms. The van der Waals surface area contributed by atoms with Gasteiger partial charge in [0, 0.05) is 18.3 Å². The van der Waals surface area contributed by atoms with Crippen molar-refractivity contribution in [2.24, 2.45) is 0 Å². The number of hydrogen-bond donors (Lipinski definition) is 0. The summed E-state index contributed by atoms with van der Waals surface area (Å²) in [5.74, 6) is -0.183. The van der Waals surface area contributed by atoms with Crippen LogP contribution in [0.15, 0.2) is 31.1 Å². The summed E-state index contributed by atoms with van der Waals surface area (Å²) in [6, 6.07) is 1.84. The van der Waals surface area contributed by atoms with Crippen LogP contribution in [0.1, 0.15) is 21.8 Å². The first kappa shape index (κ1) is 7.98. The third-order valence-electron chi connectivity index (χ3n) is 2.15. The second-order valence-electron chi connectivity index (χ2n) is 2.90. The van der Waals surface area contributed by atoms with Crippen molar-refractivity contribution in [3.63, 3.8) is 0 Å². The van der Waals surface area contributed by atoms with Crippen molar-refractivity contribution in [1.29, 1.82) is 0 Å². The van der Waals surface area contributed by atoms with E-state index in [9.17, 15) is 4.79 Å². The zero-order chi connectivity index (χ0) is 9.26. The Hall–Kier alpha value is -1.64. The number of carbonyl (C=O) groups excluding carboxylic acids is 1. The predicted molar refractivity (Wildman–Crippen MR) is 47.5 cm³/mol. The minimum atomic E-state index is -0.291. The smallest absolute Gasteiger partial charge is 0.340 e. The molecule has 0 saturated carbocycles. The topological polar surface area (TPSA) is 39.2 Å². The van der Waals surface area contributed by atoms with Gasteiger partial charge in [-0.2, -0.15) is 0 Å². The molecule has 3 nitrogen and oxygen atoms in total. The maximum atomic E-state index is 11.3. The van der Waals surface area contributed by atoms with E-state index in [1.807, 2.05) is 6.07 Å². The van der Waals surface area contributed by atoms with Crippen LogP contribution in [0.2, 0.25) is 0 Å². The van der Waals surface area contributed by atoms with E-state index >= 15 is 0 Å². The molecular formula is C10H9NO2. The first-order chi connectivity index (χ1) is 6.33. The number of hydrogen-bond acceptors (Lipinski definition) is 3. The minimum Gasteiger partial charge on any atom is -0.461 e. The summed E-state index contributed by atoms with van der Waals surface area (Å²) in [7, 11) is 0. The Bertz CT molecular complexity index is 360. The minimum absolute atomic E-state index is 0.107. The highest BCUT2D eigenvalue weighted by Crippen LogP contribution is 2.25. The lowest BCUT2D eigenvalue weighted by atomic mass is 9.94. The maximum Gasteiger partial charge on any atom is 0.340 e. The molecule has 0 aromatic carbocycles. The third kappa shape index (κ3) is 1.22. The Morgan fingerprint density at radius 2 is 2.54 bits per heavy atom. The lowest BCUT2D eigenvalue weighted by molar-refractivity contribution is 0.0460. The zero-order valence-corrected chi connectivity index (χ0v) is 7.06. The number of aromatic nitrogens is 1. The van der Waals surface area contributed by atoms with Crippen LogP contribution in [-0.4, -0.2) is 17.6 Å². The van der Waals surface area contributed by atoms with Crippen LogP contribution in [-0.2, 0) is 4.74 Å². The van der Waals surface area contributed by atoms with Crippen LogP contribution in [0.25, 0.3) is 0 Å². The van der Waals surface area contributed by atoms with Crippen molar-refractivity contribution < 1.29 is 9.53 Å². The van der Waals surface area contributed by atoms with Gasteiger partial charge in [0.25, 0.3) is 0 Å². The van der Waals surface area contributed by atoms with Crippen molar-refractivity contribution in [2.45, 2.75) is 5.92 Å². The number of rotatable bonds is 1. The number of ether oxygens (including phenoxy) is 1. The fourth-order valence-electron chi connectivity index (χ4n) is 1.43. The SMILES string of the molecule is C=CC1COC(=O)c2cnccc21. The van der Waals surface area contributed by atoms with Gasteiger partial charge in [-0.1, -0.05) is 6.08 Å². The lowest BCUT2D eigenvalue weighted by Crippen LogP contribution is -2.21. The standard InChI is InChI=1S/C10H9NO2/c1-2-7-6-13-10(12)9-5-11-4-3-8(7)9/h2-5,7H,1,6H2.